The summed E-state index contributed by atoms with van der Waals surface area (Å²) in [6.45, 7) is 4.90. The molecule has 0 fully saturated rings. The highest BCUT2D eigenvalue weighted by molar-refractivity contribution is 6.13. The number of aliphatic hydroxyl groups excluding tert-OH is 1. The number of carbonyl (C=O) groups excluding carboxylic acids is 1. The van der Waals surface area contributed by atoms with E-state index in [1.807, 2.05) is 55.5 Å². The number of aromatic nitrogens is 3. The van der Waals surface area contributed by atoms with Crippen molar-refractivity contribution in [3.63, 3.8) is 0 Å². The molecule has 1 atom stereocenters. The summed E-state index contributed by atoms with van der Waals surface area (Å²) >= 11 is 0. The van der Waals surface area contributed by atoms with Gasteiger partial charge in [-0.3, -0.25) is 4.79 Å². The Balaban J connectivity index is 1.87. The normalized spacial score (nSPS) is 12.4. The molecule has 0 radical (unpaired) electrons. The van der Waals surface area contributed by atoms with Crippen molar-refractivity contribution in [2.24, 2.45) is 0 Å². The lowest BCUT2D eigenvalue weighted by molar-refractivity contribution is 0.0966. The summed E-state index contributed by atoms with van der Waals surface area (Å²) < 4.78 is 3.96. The molecule has 2 heterocycles. The number of ketones is 1. The van der Waals surface area contributed by atoms with Gasteiger partial charge in [0.05, 0.1) is 17.8 Å². The zero-order chi connectivity index (χ0) is 20.4. The lowest BCUT2D eigenvalue weighted by Crippen LogP contribution is -2.15. The first-order valence-corrected chi connectivity index (χ1v) is 10.0. The SMILES string of the molecule is CC[C@H](O)c1nccn1CC(=O)c1c(-c2ccccc2)n(CC)c2ccccc12. The topological polar surface area (TPSA) is 60.1 Å². The van der Waals surface area contributed by atoms with E-state index in [0.29, 0.717) is 12.2 Å². The third kappa shape index (κ3) is 3.38. The fourth-order valence-corrected chi connectivity index (χ4v) is 3.98. The zero-order valence-corrected chi connectivity index (χ0v) is 16.7. The Morgan fingerprint density at radius 3 is 2.52 bits per heavy atom. The fraction of sp³-hybridized carbons (Fsp3) is 0.250. The molecule has 0 saturated heterocycles. The van der Waals surface area contributed by atoms with Crippen molar-refractivity contribution < 1.29 is 9.90 Å². The molecule has 0 spiro atoms. The second-order valence-corrected chi connectivity index (χ2v) is 7.11. The van der Waals surface area contributed by atoms with Crippen LogP contribution in [0.15, 0.2) is 67.0 Å². The number of fused-ring (bicyclic) bond motifs is 1. The highest BCUT2D eigenvalue weighted by atomic mass is 16.3. The van der Waals surface area contributed by atoms with Crippen molar-refractivity contribution in [2.45, 2.75) is 39.5 Å². The summed E-state index contributed by atoms with van der Waals surface area (Å²) in [5, 5.41) is 11.2. The van der Waals surface area contributed by atoms with Crippen LogP contribution in [0.1, 0.15) is 42.6 Å². The van der Waals surface area contributed by atoms with E-state index < -0.39 is 6.10 Å². The van der Waals surface area contributed by atoms with Gasteiger partial charge in [0.1, 0.15) is 11.9 Å². The van der Waals surface area contributed by atoms with E-state index in [2.05, 4.69) is 22.5 Å². The van der Waals surface area contributed by atoms with Crippen LogP contribution in [0.2, 0.25) is 0 Å². The Morgan fingerprint density at radius 2 is 1.79 bits per heavy atom. The smallest absolute Gasteiger partial charge is 0.185 e. The van der Waals surface area contributed by atoms with Gasteiger partial charge in [-0.05, 0) is 25.0 Å². The number of aryl methyl sites for hydroxylation is 1. The molecule has 0 aliphatic rings. The van der Waals surface area contributed by atoms with E-state index >= 15 is 0 Å². The number of para-hydroxylation sites is 1. The van der Waals surface area contributed by atoms with Crippen molar-refractivity contribution in [3.05, 3.63) is 78.4 Å². The molecule has 0 unspecified atom stereocenters. The van der Waals surface area contributed by atoms with Gasteiger partial charge in [0, 0.05) is 29.8 Å². The third-order valence-electron chi connectivity index (χ3n) is 5.36. The molecule has 5 heteroatoms. The second-order valence-electron chi connectivity index (χ2n) is 7.11. The van der Waals surface area contributed by atoms with E-state index in [4.69, 9.17) is 0 Å². The number of aliphatic hydroxyl groups is 1. The van der Waals surface area contributed by atoms with Gasteiger partial charge in [0.2, 0.25) is 0 Å². The predicted molar refractivity (Wildman–Crippen MR) is 115 cm³/mol. The molecule has 0 bridgehead atoms. The molecule has 5 nitrogen and oxygen atoms in total. The third-order valence-corrected chi connectivity index (χ3v) is 5.36. The van der Waals surface area contributed by atoms with E-state index in [1.165, 1.54) is 0 Å². The fourth-order valence-electron chi connectivity index (χ4n) is 3.98. The van der Waals surface area contributed by atoms with Crippen molar-refractivity contribution >= 4 is 16.7 Å². The van der Waals surface area contributed by atoms with E-state index in [0.717, 1.165) is 34.3 Å². The molecule has 2 aromatic heterocycles. The van der Waals surface area contributed by atoms with Gasteiger partial charge in [-0.25, -0.2) is 4.98 Å². The Labute approximate surface area is 170 Å². The monoisotopic (exact) mass is 387 g/mol. The Hall–Kier alpha value is -3.18. The number of hydrogen-bond acceptors (Lipinski definition) is 3. The van der Waals surface area contributed by atoms with E-state index in [1.54, 1.807) is 17.0 Å². The summed E-state index contributed by atoms with van der Waals surface area (Å²) in [6, 6.07) is 18.1. The van der Waals surface area contributed by atoms with Crippen LogP contribution in [0.5, 0.6) is 0 Å². The molecule has 2 aromatic carbocycles. The summed E-state index contributed by atoms with van der Waals surface area (Å²) in [5.74, 6) is 0.538. The largest absolute Gasteiger partial charge is 0.385 e. The van der Waals surface area contributed by atoms with Crippen molar-refractivity contribution in [1.29, 1.82) is 0 Å². The molecule has 0 aliphatic heterocycles. The van der Waals surface area contributed by atoms with Gasteiger partial charge < -0.3 is 14.2 Å². The van der Waals surface area contributed by atoms with Crippen LogP contribution in [0.4, 0.5) is 0 Å². The maximum absolute atomic E-state index is 13.6. The molecule has 0 aliphatic carbocycles. The standard InChI is InChI=1S/C24H25N3O2/c1-3-20(28)24-25-14-15-26(24)16-21(29)22-18-12-8-9-13-19(18)27(4-2)23(22)17-10-6-5-7-11-17/h5-15,20,28H,3-4,16H2,1-2H3/t20-/m0/s1. The van der Waals surface area contributed by atoms with Gasteiger partial charge in [0.15, 0.2) is 5.78 Å². The van der Waals surface area contributed by atoms with Gasteiger partial charge in [-0.1, -0.05) is 55.5 Å². The van der Waals surface area contributed by atoms with Crippen molar-refractivity contribution in [2.75, 3.05) is 0 Å². The summed E-state index contributed by atoms with van der Waals surface area (Å²) in [6.07, 6.45) is 3.26. The number of benzene rings is 2. The summed E-state index contributed by atoms with van der Waals surface area (Å²) in [4.78, 5) is 17.8. The molecule has 0 saturated carbocycles. The quantitative estimate of drug-likeness (QED) is 0.461. The van der Waals surface area contributed by atoms with Crippen LogP contribution in [-0.2, 0) is 13.1 Å². The lowest BCUT2D eigenvalue weighted by Gasteiger charge is -2.13. The number of imidazole rings is 1. The molecule has 29 heavy (non-hydrogen) atoms. The zero-order valence-electron chi connectivity index (χ0n) is 16.7. The van der Waals surface area contributed by atoms with Gasteiger partial charge in [-0.2, -0.15) is 0 Å². The first kappa shape index (κ1) is 19.2. The molecule has 1 N–H and O–H groups in total. The number of rotatable bonds is 7. The van der Waals surface area contributed by atoms with Crippen LogP contribution >= 0.6 is 0 Å². The molecular formula is C24H25N3O2. The number of carbonyl (C=O) groups is 1. The Morgan fingerprint density at radius 1 is 1.07 bits per heavy atom. The number of Topliss-reactive ketones (excluding diaryl/α,β-unsaturated/α-hetero) is 1. The maximum atomic E-state index is 13.6. The second kappa shape index (κ2) is 8.05. The minimum absolute atomic E-state index is 0.00908. The Bertz CT molecular complexity index is 1140. The first-order chi connectivity index (χ1) is 14.2. The van der Waals surface area contributed by atoms with Crippen LogP contribution in [0.3, 0.4) is 0 Å². The minimum Gasteiger partial charge on any atom is -0.385 e. The molecule has 148 valence electrons. The van der Waals surface area contributed by atoms with Crippen LogP contribution in [0, 0.1) is 0 Å². The molecule has 4 aromatic rings. The van der Waals surface area contributed by atoms with E-state index in [9.17, 15) is 9.90 Å². The van der Waals surface area contributed by atoms with Crippen LogP contribution in [-0.4, -0.2) is 25.0 Å². The molecular weight excluding hydrogens is 362 g/mol. The van der Waals surface area contributed by atoms with Gasteiger partial charge in [0.25, 0.3) is 0 Å². The average molecular weight is 387 g/mol. The van der Waals surface area contributed by atoms with Crippen LogP contribution < -0.4 is 0 Å². The maximum Gasteiger partial charge on any atom is 0.185 e. The highest BCUT2D eigenvalue weighted by Crippen LogP contribution is 2.34. The Kier molecular flexibility index (Phi) is 5.32. The highest BCUT2D eigenvalue weighted by Gasteiger charge is 2.24. The average Bonchev–Trinajstić information content (AvgIpc) is 3.35. The molecule has 4 rings (SSSR count). The minimum atomic E-state index is -0.677. The summed E-state index contributed by atoms with van der Waals surface area (Å²) in [7, 11) is 0. The van der Waals surface area contributed by atoms with Crippen LogP contribution in [0.25, 0.3) is 22.2 Å². The van der Waals surface area contributed by atoms with Crippen molar-refractivity contribution in [1.82, 2.24) is 14.1 Å². The van der Waals surface area contributed by atoms with Crippen molar-refractivity contribution in [3.8, 4) is 11.3 Å². The van der Waals surface area contributed by atoms with Gasteiger partial charge >= 0.3 is 0 Å². The first-order valence-electron chi connectivity index (χ1n) is 10.0. The lowest BCUT2D eigenvalue weighted by atomic mass is 10.0. The summed E-state index contributed by atoms with van der Waals surface area (Å²) in [5.41, 5.74) is 3.74. The number of nitrogens with zero attached hydrogens (tertiary/aromatic N) is 3. The predicted octanol–water partition coefficient (Wildman–Crippen LogP) is 4.85. The number of hydrogen-bond donors (Lipinski definition) is 1. The van der Waals surface area contributed by atoms with E-state index in [-0.39, 0.29) is 12.3 Å². The molecule has 0 amide bonds. The van der Waals surface area contributed by atoms with Gasteiger partial charge in [-0.15, -0.1) is 0 Å².